The van der Waals surface area contributed by atoms with E-state index in [-0.39, 0.29) is 23.3 Å². The van der Waals surface area contributed by atoms with Crippen molar-refractivity contribution in [2.24, 2.45) is 0 Å². The Hall–Kier alpha value is -2.04. The van der Waals surface area contributed by atoms with Gasteiger partial charge < -0.3 is 24.3 Å². The monoisotopic (exact) mass is 505 g/mol. The molecule has 0 aliphatic heterocycles. The van der Waals surface area contributed by atoms with Crippen LogP contribution in [0, 0.1) is 3.57 Å². The number of alkyl carbamates (subject to hydrolysis) is 1. The SMILES string of the molecule is COC(=O)c1ccc(OC2CC(NC(=O)OC(C)(C)C)C2)c(I)c1C(=O)OC. The van der Waals surface area contributed by atoms with Crippen LogP contribution in [0.5, 0.6) is 5.75 Å². The van der Waals surface area contributed by atoms with Crippen LogP contribution in [0.15, 0.2) is 12.1 Å². The number of hydrogen-bond acceptors (Lipinski definition) is 7. The molecule has 8 nitrogen and oxygen atoms in total. The van der Waals surface area contributed by atoms with Gasteiger partial charge in [-0.15, -0.1) is 0 Å². The minimum Gasteiger partial charge on any atom is -0.489 e. The van der Waals surface area contributed by atoms with Gasteiger partial charge in [-0.2, -0.15) is 0 Å². The van der Waals surface area contributed by atoms with E-state index in [1.165, 1.54) is 20.3 Å². The number of carbonyl (C=O) groups is 3. The highest BCUT2D eigenvalue weighted by Gasteiger charge is 2.34. The van der Waals surface area contributed by atoms with E-state index >= 15 is 0 Å². The summed E-state index contributed by atoms with van der Waals surface area (Å²) in [5.74, 6) is -0.808. The van der Waals surface area contributed by atoms with Gasteiger partial charge in [-0.1, -0.05) is 0 Å². The van der Waals surface area contributed by atoms with Crippen molar-refractivity contribution in [3.05, 3.63) is 26.8 Å². The number of methoxy groups -OCH3 is 2. The number of halogens is 1. The van der Waals surface area contributed by atoms with Crippen molar-refractivity contribution in [1.82, 2.24) is 5.32 Å². The van der Waals surface area contributed by atoms with Gasteiger partial charge in [0.1, 0.15) is 17.5 Å². The Balaban J connectivity index is 2.03. The Bertz CT molecular complexity index is 766. The predicted octanol–water partition coefficient (Wildman–Crippen LogP) is 3.30. The molecule has 0 bridgehead atoms. The lowest BCUT2D eigenvalue weighted by atomic mass is 9.89. The Morgan fingerprint density at radius 1 is 1.07 bits per heavy atom. The number of hydrogen-bond donors (Lipinski definition) is 1. The van der Waals surface area contributed by atoms with Crippen LogP contribution in [-0.4, -0.2) is 50.0 Å². The first-order valence-electron chi connectivity index (χ1n) is 8.71. The van der Waals surface area contributed by atoms with Crippen molar-refractivity contribution in [1.29, 1.82) is 0 Å². The van der Waals surface area contributed by atoms with Crippen molar-refractivity contribution in [2.75, 3.05) is 14.2 Å². The molecule has 28 heavy (non-hydrogen) atoms. The van der Waals surface area contributed by atoms with Crippen molar-refractivity contribution in [3.63, 3.8) is 0 Å². The van der Waals surface area contributed by atoms with Crippen LogP contribution in [0.3, 0.4) is 0 Å². The average molecular weight is 505 g/mol. The Morgan fingerprint density at radius 3 is 2.21 bits per heavy atom. The van der Waals surface area contributed by atoms with Gasteiger partial charge in [0.15, 0.2) is 0 Å². The van der Waals surface area contributed by atoms with E-state index in [9.17, 15) is 14.4 Å². The maximum absolute atomic E-state index is 12.1. The van der Waals surface area contributed by atoms with Crippen LogP contribution in [0.2, 0.25) is 0 Å². The molecule has 0 aromatic heterocycles. The average Bonchev–Trinajstić information content (AvgIpc) is 2.57. The van der Waals surface area contributed by atoms with E-state index in [1.54, 1.807) is 26.8 Å². The molecule has 1 N–H and O–H groups in total. The molecule has 1 aliphatic carbocycles. The molecule has 154 valence electrons. The summed E-state index contributed by atoms with van der Waals surface area (Å²) in [7, 11) is 2.48. The van der Waals surface area contributed by atoms with Gasteiger partial charge in [-0.05, 0) is 55.5 Å². The van der Waals surface area contributed by atoms with Crippen LogP contribution in [-0.2, 0) is 14.2 Å². The van der Waals surface area contributed by atoms with E-state index < -0.39 is 23.6 Å². The number of nitrogens with one attached hydrogen (secondary N) is 1. The zero-order chi connectivity index (χ0) is 21.1. The number of ether oxygens (including phenoxy) is 4. The Labute approximate surface area is 177 Å². The Kier molecular flexibility index (Phi) is 7.13. The number of rotatable bonds is 5. The summed E-state index contributed by atoms with van der Waals surface area (Å²) in [6, 6.07) is 3.06. The highest BCUT2D eigenvalue weighted by Crippen LogP contribution is 2.33. The summed E-state index contributed by atoms with van der Waals surface area (Å²) in [4.78, 5) is 35.9. The summed E-state index contributed by atoms with van der Waals surface area (Å²) < 4.78 is 21.1. The van der Waals surface area contributed by atoms with E-state index in [0.29, 0.717) is 22.2 Å². The summed E-state index contributed by atoms with van der Waals surface area (Å²) in [6.45, 7) is 5.41. The lowest BCUT2D eigenvalue weighted by Gasteiger charge is -2.36. The molecule has 0 unspecified atom stereocenters. The number of amides is 1. The molecule has 1 aliphatic rings. The van der Waals surface area contributed by atoms with Crippen molar-refractivity contribution < 1.29 is 33.3 Å². The second kappa shape index (κ2) is 8.97. The van der Waals surface area contributed by atoms with Gasteiger partial charge in [0.2, 0.25) is 0 Å². The second-order valence-electron chi connectivity index (χ2n) is 7.34. The third-order valence-corrected chi connectivity index (χ3v) is 5.08. The fraction of sp³-hybridized carbons (Fsp3) is 0.526. The zero-order valence-electron chi connectivity index (χ0n) is 16.5. The van der Waals surface area contributed by atoms with Crippen LogP contribution in [0.4, 0.5) is 4.79 Å². The molecule has 1 aromatic carbocycles. The first kappa shape index (κ1) is 22.3. The highest BCUT2D eigenvalue weighted by atomic mass is 127. The molecule has 1 fully saturated rings. The lowest BCUT2D eigenvalue weighted by Crippen LogP contribution is -2.50. The third kappa shape index (κ3) is 5.49. The van der Waals surface area contributed by atoms with Crippen molar-refractivity contribution in [3.8, 4) is 5.75 Å². The van der Waals surface area contributed by atoms with Crippen LogP contribution < -0.4 is 10.1 Å². The molecule has 0 atom stereocenters. The molecule has 0 radical (unpaired) electrons. The van der Waals surface area contributed by atoms with Crippen molar-refractivity contribution in [2.45, 2.75) is 51.4 Å². The quantitative estimate of drug-likeness (QED) is 0.373. The van der Waals surface area contributed by atoms with Crippen LogP contribution in [0.25, 0.3) is 0 Å². The number of carbonyl (C=O) groups excluding carboxylic acids is 3. The standard InChI is InChI=1S/C19H24INO7/c1-19(2,3)28-18(24)21-10-8-11(9-10)27-13-7-6-12(16(22)25-4)14(15(13)20)17(23)26-5/h6-7,10-11H,8-9H2,1-5H3,(H,21,24). The maximum atomic E-state index is 12.1. The normalized spacial score (nSPS) is 18.5. The molecule has 1 aromatic rings. The first-order valence-corrected chi connectivity index (χ1v) is 9.79. The molecule has 2 rings (SSSR count). The number of esters is 2. The predicted molar refractivity (Wildman–Crippen MR) is 109 cm³/mol. The molecule has 1 amide bonds. The summed E-state index contributed by atoms with van der Waals surface area (Å²) in [6.07, 6.45) is 0.646. The van der Waals surface area contributed by atoms with E-state index in [2.05, 4.69) is 5.32 Å². The minimum atomic E-state index is -0.645. The summed E-state index contributed by atoms with van der Waals surface area (Å²) in [5.41, 5.74) is -0.328. The molecule has 9 heteroatoms. The van der Waals surface area contributed by atoms with Crippen molar-refractivity contribution >= 4 is 40.6 Å². The Morgan fingerprint density at radius 2 is 1.68 bits per heavy atom. The zero-order valence-corrected chi connectivity index (χ0v) is 18.6. The molecule has 0 saturated heterocycles. The van der Waals surface area contributed by atoms with Gasteiger partial charge >= 0.3 is 18.0 Å². The highest BCUT2D eigenvalue weighted by molar-refractivity contribution is 14.1. The molecule has 0 heterocycles. The summed E-state index contributed by atoms with van der Waals surface area (Å²) >= 11 is 1.95. The molecule has 0 spiro atoms. The number of benzene rings is 1. The van der Waals surface area contributed by atoms with Gasteiger partial charge in [0.05, 0.1) is 28.9 Å². The summed E-state index contributed by atoms with van der Waals surface area (Å²) in [5, 5.41) is 2.80. The smallest absolute Gasteiger partial charge is 0.407 e. The van der Waals surface area contributed by atoms with Gasteiger partial charge in [-0.25, -0.2) is 14.4 Å². The van der Waals surface area contributed by atoms with E-state index in [1.807, 2.05) is 22.6 Å². The van der Waals surface area contributed by atoms with E-state index in [4.69, 9.17) is 18.9 Å². The fourth-order valence-electron chi connectivity index (χ4n) is 2.66. The first-order chi connectivity index (χ1) is 13.1. The van der Waals surface area contributed by atoms with Gasteiger partial charge in [0.25, 0.3) is 0 Å². The van der Waals surface area contributed by atoms with Gasteiger partial charge in [-0.3, -0.25) is 0 Å². The molecule has 1 saturated carbocycles. The van der Waals surface area contributed by atoms with Crippen LogP contribution >= 0.6 is 22.6 Å². The minimum absolute atomic E-state index is 0.0352. The largest absolute Gasteiger partial charge is 0.489 e. The molecular weight excluding hydrogens is 481 g/mol. The van der Waals surface area contributed by atoms with E-state index in [0.717, 1.165) is 0 Å². The topological polar surface area (TPSA) is 100 Å². The second-order valence-corrected chi connectivity index (χ2v) is 8.42. The van der Waals surface area contributed by atoms with Gasteiger partial charge in [0, 0.05) is 18.9 Å². The fourth-order valence-corrected chi connectivity index (χ4v) is 3.48. The van der Waals surface area contributed by atoms with Crippen LogP contribution in [0.1, 0.15) is 54.3 Å². The third-order valence-electron chi connectivity index (χ3n) is 4.01. The lowest BCUT2D eigenvalue weighted by molar-refractivity contribution is 0.0359. The molecular formula is C19H24INO7. The maximum Gasteiger partial charge on any atom is 0.407 e.